The summed E-state index contributed by atoms with van der Waals surface area (Å²) in [5, 5.41) is 0.462. The number of hydrogen-bond acceptors (Lipinski definition) is 6. The molecule has 7 nitrogen and oxygen atoms in total. The predicted octanol–water partition coefficient (Wildman–Crippen LogP) is 2.01. The van der Waals surface area contributed by atoms with Crippen LogP contribution >= 0.6 is 0 Å². The number of anilines is 1. The van der Waals surface area contributed by atoms with E-state index in [9.17, 15) is 14.4 Å². The molecular formula is C17H18N2O5. The van der Waals surface area contributed by atoms with Crippen LogP contribution in [0.15, 0.2) is 23.1 Å². The molecule has 2 heterocycles. The molecular weight excluding hydrogens is 312 g/mol. The van der Waals surface area contributed by atoms with Crippen molar-refractivity contribution >= 4 is 28.5 Å². The molecule has 3 rings (SSSR count). The smallest absolute Gasteiger partial charge is 0.343 e. The molecule has 24 heavy (non-hydrogen) atoms. The van der Waals surface area contributed by atoms with Crippen LogP contribution in [0.1, 0.15) is 36.2 Å². The third kappa shape index (κ3) is 2.73. The summed E-state index contributed by atoms with van der Waals surface area (Å²) in [6.07, 6.45) is 3.16. The van der Waals surface area contributed by atoms with E-state index in [1.807, 2.05) is 4.57 Å². The van der Waals surface area contributed by atoms with Crippen molar-refractivity contribution in [1.82, 2.24) is 4.57 Å². The molecule has 1 aliphatic rings. The fourth-order valence-corrected chi connectivity index (χ4v) is 3.00. The zero-order valence-electron chi connectivity index (χ0n) is 13.5. The molecule has 0 bridgehead atoms. The van der Waals surface area contributed by atoms with Gasteiger partial charge in [-0.3, -0.25) is 9.59 Å². The summed E-state index contributed by atoms with van der Waals surface area (Å²) >= 11 is 0. The number of aryl methyl sites for hydroxylation is 2. The minimum absolute atomic E-state index is 0.0397. The number of pyridine rings is 1. The van der Waals surface area contributed by atoms with Crippen LogP contribution in [0.2, 0.25) is 0 Å². The molecule has 1 N–H and O–H groups in total. The van der Waals surface area contributed by atoms with Gasteiger partial charge in [-0.1, -0.05) is 0 Å². The zero-order valence-corrected chi connectivity index (χ0v) is 13.5. The van der Waals surface area contributed by atoms with Crippen molar-refractivity contribution in [2.75, 3.05) is 12.1 Å². The van der Waals surface area contributed by atoms with Gasteiger partial charge in [0.05, 0.1) is 17.8 Å². The van der Waals surface area contributed by atoms with Gasteiger partial charge in [0.25, 0.3) is 0 Å². The maximum atomic E-state index is 12.6. The van der Waals surface area contributed by atoms with Crippen molar-refractivity contribution in [2.24, 2.45) is 0 Å². The summed E-state index contributed by atoms with van der Waals surface area (Å²) in [5.74, 6) is -1.06. The Morgan fingerprint density at radius 3 is 2.83 bits per heavy atom. The lowest BCUT2D eigenvalue weighted by Gasteiger charge is -2.23. The summed E-state index contributed by atoms with van der Waals surface area (Å²) in [4.78, 5) is 40.5. The maximum absolute atomic E-state index is 12.6. The van der Waals surface area contributed by atoms with E-state index in [0.29, 0.717) is 17.6 Å². The highest BCUT2D eigenvalue weighted by molar-refractivity contribution is 5.96. The first-order chi connectivity index (χ1) is 11.5. The van der Waals surface area contributed by atoms with E-state index in [1.165, 1.54) is 6.92 Å². The van der Waals surface area contributed by atoms with Gasteiger partial charge < -0.3 is 14.1 Å². The average molecular weight is 330 g/mol. The number of aromatic nitrogens is 1. The van der Waals surface area contributed by atoms with Crippen molar-refractivity contribution in [2.45, 2.75) is 33.2 Å². The molecule has 0 atom stereocenters. The number of esters is 1. The van der Waals surface area contributed by atoms with Gasteiger partial charge in [-0.05, 0) is 31.9 Å². The largest absolute Gasteiger partial charge is 0.462 e. The van der Waals surface area contributed by atoms with Gasteiger partial charge in [-0.15, -0.1) is 0 Å². The second kappa shape index (κ2) is 6.35. The maximum Gasteiger partial charge on any atom is 0.343 e. The van der Waals surface area contributed by atoms with Crippen LogP contribution in [-0.4, -0.2) is 23.1 Å². The van der Waals surface area contributed by atoms with E-state index in [0.717, 1.165) is 23.9 Å². The molecule has 0 fully saturated rings. The number of carbonyl (C=O) groups is 2. The first-order valence-electron chi connectivity index (χ1n) is 7.82. The fourth-order valence-electron chi connectivity index (χ4n) is 3.00. The Morgan fingerprint density at radius 1 is 1.33 bits per heavy atom. The van der Waals surface area contributed by atoms with Gasteiger partial charge in [-0.25, -0.2) is 10.3 Å². The first kappa shape index (κ1) is 16.0. The van der Waals surface area contributed by atoms with Crippen LogP contribution in [0.25, 0.3) is 10.9 Å². The quantitative estimate of drug-likeness (QED) is 0.682. The molecule has 0 saturated carbocycles. The highest BCUT2D eigenvalue weighted by Gasteiger charge is 2.22. The van der Waals surface area contributed by atoms with Gasteiger partial charge in [-0.2, -0.15) is 0 Å². The van der Waals surface area contributed by atoms with Crippen molar-refractivity contribution in [3.8, 4) is 0 Å². The second-order valence-corrected chi connectivity index (χ2v) is 5.57. The van der Waals surface area contributed by atoms with Gasteiger partial charge in [0.15, 0.2) is 0 Å². The Hall–Kier alpha value is -2.83. The molecule has 7 heteroatoms. The fraction of sp³-hybridized carbons (Fsp3) is 0.353. The van der Waals surface area contributed by atoms with E-state index < -0.39 is 11.9 Å². The highest BCUT2D eigenvalue weighted by atomic mass is 16.7. The Morgan fingerprint density at radius 2 is 2.12 bits per heavy atom. The molecule has 0 saturated heterocycles. The second-order valence-electron chi connectivity index (χ2n) is 5.57. The number of ether oxygens (including phenoxy) is 1. The number of hydrogen-bond donors (Lipinski definition) is 1. The third-order valence-electron chi connectivity index (χ3n) is 3.97. The van der Waals surface area contributed by atoms with Gasteiger partial charge in [0, 0.05) is 30.6 Å². The summed E-state index contributed by atoms with van der Waals surface area (Å²) < 4.78 is 6.86. The lowest BCUT2D eigenvalue weighted by Crippen LogP contribution is -2.24. The minimum Gasteiger partial charge on any atom is -0.462 e. The van der Waals surface area contributed by atoms with E-state index >= 15 is 0 Å². The number of carbonyl (C=O) groups excluding carboxylic acids is 2. The molecule has 1 aliphatic heterocycles. The number of nitrogens with one attached hydrogen (secondary N) is 1. The van der Waals surface area contributed by atoms with Crippen molar-refractivity contribution < 1.29 is 19.2 Å². The Balaban J connectivity index is 2.18. The zero-order chi connectivity index (χ0) is 17.3. The van der Waals surface area contributed by atoms with Crippen LogP contribution in [0.5, 0.6) is 0 Å². The Kier molecular flexibility index (Phi) is 4.24. The monoisotopic (exact) mass is 330 g/mol. The number of rotatable bonds is 4. The van der Waals surface area contributed by atoms with Crippen LogP contribution in [-0.2, 0) is 27.3 Å². The first-order valence-corrected chi connectivity index (χ1v) is 7.82. The van der Waals surface area contributed by atoms with E-state index in [2.05, 4.69) is 5.48 Å². The average Bonchev–Trinajstić information content (AvgIpc) is 2.56. The summed E-state index contributed by atoms with van der Waals surface area (Å²) in [6.45, 7) is 3.92. The molecule has 0 aliphatic carbocycles. The molecule has 2 aromatic rings. The molecule has 1 aromatic heterocycles. The number of nitrogens with zero attached hydrogens (tertiary/aromatic N) is 1. The molecule has 0 unspecified atom stereocenters. The minimum atomic E-state index is -0.609. The van der Waals surface area contributed by atoms with Crippen LogP contribution in [0.3, 0.4) is 0 Å². The standard InChI is InChI=1S/C17H18N2O5/c1-3-23-17(22)13-9-19-8-4-5-11-14(18-24-10(2)20)7-6-12(15(11)19)16(13)21/h6-7,9,18H,3-5,8H2,1-2H3. The van der Waals surface area contributed by atoms with Crippen LogP contribution in [0.4, 0.5) is 5.69 Å². The number of benzene rings is 1. The predicted molar refractivity (Wildman–Crippen MR) is 87.9 cm³/mol. The van der Waals surface area contributed by atoms with E-state index in [1.54, 1.807) is 25.3 Å². The van der Waals surface area contributed by atoms with Gasteiger partial charge in [0.1, 0.15) is 5.56 Å². The Bertz CT molecular complexity index is 885. The van der Waals surface area contributed by atoms with E-state index in [4.69, 9.17) is 9.57 Å². The van der Waals surface area contributed by atoms with Crippen LogP contribution < -0.4 is 10.9 Å². The molecule has 126 valence electrons. The molecule has 1 aromatic carbocycles. The molecule has 0 amide bonds. The third-order valence-corrected chi connectivity index (χ3v) is 3.97. The van der Waals surface area contributed by atoms with Crippen molar-refractivity contribution in [1.29, 1.82) is 0 Å². The van der Waals surface area contributed by atoms with Crippen LogP contribution in [0, 0.1) is 0 Å². The summed E-state index contributed by atoms with van der Waals surface area (Å²) in [6, 6.07) is 3.32. The van der Waals surface area contributed by atoms with E-state index in [-0.39, 0.29) is 17.6 Å². The SMILES string of the molecule is CCOC(=O)c1cn2c3c(c(NOC(C)=O)ccc3c1=O)CCC2. The van der Waals surface area contributed by atoms with Crippen molar-refractivity contribution in [3.63, 3.8) is 0 Å². The topological polar surface area (TPSA) is 86.6 Å². The molecule has 0 spiro atoms. The normalized spacial score (nSPS) is 12.8. The summed E-state index contributed by atoms with van der Waals surface area (Å²) in [7, 11) is 0. The van der Waals surface area contributed by atoms with Gasteiger partial charge >= 0.3 is 11.9 Å². The molecule has 0 radical (unpaired) electrons. The Labute approximate surface area is 138 Å². The highest BCUT2D eigenvalue weighted by Crippen LogP contribution is 2.30. The lowest BCUT2D eigenvalue weighted by atomic mass is 9.98. The van der Waals surface area contributed by atoms with Gasteiger partial charge in [0.2, 0.25) is 5.43 Å². The lowest BCUT2D eigenvalue weighted by molar-refractivity contribution is -0.138. The summed E-state index contributed by atoms with van der Waals surface area (Å²) in [5.41, 5.74) is 4.64. The van der Waals surface area contributed by atoms with Crippen molar-refractivity contribution in [3.05, 3.63) is 39.7 Å².